The number of amides is 1. The number of nitrogen functional groups attached to an aromatic ring is 1. The maximum atomic E-state index is 13.7. The lowest BCUT2D eigenvalue weighted by atomic mass is 10.1. The number of carbonyl (C=O) groups is 1. The number of anilines is 1. The molecule has 2 N–H and O–H groups in total. The van der Waals surface area contributed by atoms with Crippen LogP contribution in [0, 0.1) is 11.6 Å². The van der Waals surface area contributed by atoms with Gasteiger partial charge in [-0.05, 0) is 19.9 Å². The molecule has 0 saturated carbocycles. The zero-order valence-electron chi connectivity index (χ0n) is 10.8. The molecule has 0 aromatic heterocycles. The first-order valence-electron chi connectivity index (χ1n) is 6.07. The lowest BCUT2D eigenvalue weighted by Crippen LogP contribution is -2.48. The van der Waals surface area contributed by atoms with Crippen LogP contribution in [0.1, 0.15) is 24.2 Å². The molecule has 19 heavy (non-hydrogen) atoms. The van der Waals surface area contributed by atoms with Gasteiger partial charge < -0.3 is 15.4 Å². The van der Waals surface area contributed by atoms with Gasteiger partial charge in [0.25, 0.3) is 5.91 Å². The smallest absolute Gasteiger partial charge is 0.257 e. The topological polar surface area (TPSA) is 55.6 Å². The molecule has 1 amide bonds. The summed E-state index contributed by atoms with van der Waals surface area (Å²) in [6.45, 7) is 4.43. The van der Waals surface area contributed by atoms with E-state index in [4.69, 9.17) is 10.5 Å². The summed E-state index contributed by atoms with van der Waals surface area (Å²) in [7, 11) is 0. The molecule has 1 aliphatic rings. The highest BCUT2D eigenvalue weighted by molar-refractivity contribution is 5.95. The van der Waals surface area contributed by atoms with E-state index in [1.807, 2.05) is 13.8 Å². The predicted octanol–water partition coefficient (Wildman–Crippen LogP) is 1.80. The molecule has 2 atom stereocenters. The van der Waals surface area contributed by atoms with Crippen LogP contribution in [0.3, 0.4) is 0 Å². The lowest BCUT2D eigenvalue weighted by Gasteiger charge is -2.35. The number of hydrogen-bond donors (Lipinski definition) is 1. The third-order valence-electron chi connectivity index (χ3n) is 3.02. The van der Waals surface area contributed by atoms with Crippen molar-refractivity contribution in [3.8, 4) is 0 Å². The van der Waals surface area contributed by atoms with Crippen molar-refractivity contribution in [2.75, 3.05) is 18.8 Å². The SMILES string of the molecule is C[C@@H]1CN(C(=O)c2cc(N)c(F)cc2F)C[C@H](C)O1. The average Bonchev–Trinajstić information content (AvgIpc) is 2.31. The van der Waals surface area contributed by atoms with Gasteiger partial charge in [-0.1, -0.05) is 0 Å². The molecule has 0 radical (unpaired) electrons. The highest BCUT2D eigenvalue weighted by Crippen LogP contribution is 2.20. The van der Waals surface area contributed by atoms with Crippen molar-refractivity contribution < 1.29 is 18.3 Å². The van der Waals surface area contributed by atoms with E-state index in [0.717, 1.165) is 6.07 Å². The highest BCUT2D eigenvalue weighted by atomic mass is 19.1. The van der Waals surface area contributed by atoms with E-state index < -0.39 is 17.5 Å². The van der Waals surface area contributed by atoms with E-state index >= 15 is 0 Å². The molecule has 0 unspecified atom stereocenters. The van der Waals surface area contributed by atoms with Gasteiger partial charge in [-0.25, -0.2) is 8.78 Å². The van der Waals surface area contributed by atoms with Gasteiger partial charge in [-0.15, -0.1) is 0 Å². The van der Waals surface area contributed by atoms with Crippen LogP contribution in [0.25, 0.3) is 0 Å². The summed E-state index contributed by atoms with van der Waals surface area (Å²) in [5.74, 6) is -2.26. The number of morpholine rings is 1. The largest absolute Gasteiger partial charge is 0.396 e. The van der Waals surface area contributed by atoms with Gasteiger partial charge in [0, 0.05) is 19.2 Å². The molecule has 1 aromatic carbocycles. The summed E-state index contributed by atoms with van der Waals surface area (Å²) < 4.78 is 32.2. The summed E-state index contributed by atoms with van der Waals surface area (Å²) in [6, 6.07) is 1.67. The Morgan fingerprint density at radius 3 is 2.42 bits per heavy atom. The minimum atomic E-state index is -0.900. The third kappa shape index (κ3) is 2.84. The second-order valence-corrected chi connectivity index (χ2v) is 4.82. The molecule has 1 fully saturated rings. The Balaban J connectivity index is 2.26. The molecule has 1 aliphatic heterocycles. The van der Waals surface area contributed by atoms with Crippen LogP contribution in [0.4, 0.5) is 14.5 Å². The van der Waals surface area contributed by atoms with Crippen molar-refractivity contribution in [2.24, 2.45) is 0 Å². The molecular formula is C13H16F2N2O2. The van der Waals surface area contributed by atoms with Crippen molar-refractivity contribution in [3.05, 3.63) is 29.3 Å². The zero-order chi connectivity index (χ0) is 14.2. The van der Waals surface area contributed by atoms with Crippen molar-refractivity contribution in [1.82, 2.24) is 4.90 Å². The number of nitrogens with two attached hydrogens (primary N) is 1. The summed E-state index contributed by atoms with van der Waals surface area (Å²) in [5, 5.41) is 0. The Hall–Kier alpha value is -1.69. The number of benzene rings is 1. The van der Waals surface area contributed by atoms with E-state index in [9.17, 15) is 13.6 Å². The molecule has 6 heteroatoms. The first-order valence-corrected chi connectivity index (χ1v) is 6.07. The maximum absolute atomic E-state index is 13.7. The summed E-state index contributed by atoms with van der Waals surface area (Å²) >= 11 is 0. The second-order valence-electron chi connectivity index (χ2n) is 4.82. The fraction of sp³-hybridized carbons (Fsp3) is 0.462. The van der Waals surface area contributed by atoms with E-state index in [-0.39, 0.29) is 23.5 Å². The van der Waals surface area contributed by atoms with Gasteiger partial charge in [0.15, 0.2) is 0 Å². The van der Waals surface area contributed by atoms with Crippen molar-refractivity contribution in [2.45, 2.75) is 26.1 Å². The molecule has 0 spiro atoms. The van der Waals surface area contributed by atoms with Crippen molar-refractivity contribution in [3.63, 3.8) is 0 Å². The average molecular weight is 270 g/mol. The fourth-order valence-electron chi connectivity index (χ4n) is 2.24. The number of hydrogen-bond acceptors (Lipinski definition) is 3. The number of halogens is 2. The van der Waals surface area contributed by atoms with Gasteiger partial charge in [0.05, 0.1) is 23.5 Å². The van der Waals surface area contributed by atoms with E-state index in [1.54, 1.807) is 0 Å². The Bertz CT molecular complexity index is 498. The number of nitrogens with zero attached hydrogens (tertiary/aromatic N) is 1. The van der Waals surface area contributed by atoms with Crippen LogP contribution in [0.5, 0.6) is 0 Å². The number of carbonyl (C=O) groups excluding carboxylic acids is 1. The minimum Gasteiger partial charge on any atom is -0.396 e. The van der Waals surface area contributed by atoms with Gasteiger partial charge in [0.2, 0.25) is 0 Å². The molecule has 2 rings (SSSR count). The summed E-state index contributed by atoms with van der Waals surface area (Å²) in [5.41, 5.74) is 4.93. The minimum absolute atomic E-state index is 0.117. The Kier molecular flexibility index (Phi) is 3.71. The molecule has 104 valence electrons. The predicted molar refractivity (Wildman–Crippen MR) is 66.7 cm³/mol. The molecular weight excluding hydrogens is 254 g/mol. The molecule has 0 bridgehead atoms. The molecule has 1 aromatic rings. The molecule has 1 saturated heterocycles. The quantitative estimate of drug-likeness (QED) is 0.792. The Morgan fingerprint density at radius 1 is 1.26 bits per heavy atom. The van der Waals surface area contributed by atoms with E-state index in [1.165, 1.54) is 4.90 Å². The van der Waals surface area contributed by atoms with Gasteiger partial charge in [0.1, 0.15) is 11.6 Å². The van der Waals surface area contributed by atoms with Crippen molar-refractivity contribution in [1.29, 1.82) is 0 Å². The molecule has 1 heterocycles. The first kappa shape index (κ1) is 13.7. The van der Waals surface area contributed by atoms with Crippen LogP contribution in [-0.4, -0.2) is 36.1 Å². The maximum Gasteiger partial charge on any atom is 0.257 e. The zero-order valence-corrected chi connectivity index (χ0v) is 10.8. The van der Waals surface area contributed by atoms with Gasteiger partial charge in [-0.2, -0.15) is 0 Å². The summed E-state index contributed by atoms with van der Waals surface area (Å²) in [6.07, 6.45) is -0.234. The van der Waals surface area contributed by atoms with Crippen molar-refractivity contribution >= 4 is 11.6 Å². The van der Waals surface area contributed by atoms with E-state index in [0.29, 0.717) is 19.2 Å². The normalized spacial score (nSPS) is 23.5. The van der Waals surface area contributed by atoms with Crippen LogP contribution in [0.2, 0.25) is 0 Å². The second kappa shape index (κ2) is 5.13. The fourth-order valence-corrected chi connectivity index (χ4v) is 2.24. The number of ether oxygens (including phenoxy) is 1. The monoisotopic (exact) mass is 270 g/mol. The van der Waals surface area contributed by atoms with Crippen LogP contribution < -0.4 is 5.73 Å². The van der Waals surface area contributed by atoms with Crippen LogP contribution >= 0.6 is 0 Å². The molecule has 4 nitrogen and oxygen atoms in total. The van der Waals surface area contributed by atoms with Gasteiger partial charge in [-0.3, -0.25) is 4.79 Å². The van der Waals surface area contributed by atoms with E-state index in [2.05, 4.69) is 0 Å². The number of rotatable bonds is 1. The lowest BCUT2D eigenvalue weighted by molar-refractivity contribution is -0.0587. The standard InChI is InChI=1S/C13H16F2N2O2/c1-7-5-17(6-8(2)19-7)13(18)9-3-12(16)11(15)4-10(9)14/h3-4,7-8H,5-6,16H2,1-2H3/t7-,8+. The Labute approximate surface area is 110 Å². The highest BCUT2D eigenvalue weighted by Gasteiger charge is 2.28. The van der Waals surface area contributed by atoms with Crippen LogP contribution in [0.15, 0.2) is 12.1 Å². The summed E-state index contributed by atoms with van der Waals surface area (Å²) in [4.78, 5) is 13.7. The van der Waals surface area contributed by atoms with Crippen LogP contribution in [-0.2, 0) is 4.74 Å². The van der Waals surface area contributed by atoms with Gasteiger partial charge >= 0.3 is 0 Å². The Morgan fingerprint density at radius 2 is 1.84 bits per heavy atom. The first-order chi connectivity index (χ1) is 8.88. The molecule has 0 aliphatic carbocycles. The third-order valence-corrected chi connectivity index (χ3v) is 3.02.